The third-order valence-corrected chi connectivity index (χ3v) is 4.83. The molecule has 0 N–H and O–H groups in total. The first-order chi connectivity index (χ1) is 12.0. The summed E-state index contributed by atoms with van der Waals surface area (Å²) in [6.07, 6.45) is 4.49. The lowest BCUT2D eigenvalue weighted by Gasteiger charge is -2.23. The Balaban J connectivity index is 1.92. The zero-order valence-corrected chi connectivity index (χ0v) is 15.6. The number of anilines is 2. The summed E-state index contributed by atoms with van der Waals surface area (Å²) < 4.78 is 0. The second kappa shape index (κ2) is 7.40. The minimum absolute atomic E-state index is 0.0807. The maximum Gasteiger partial charge on any atom is 0.278 e. The molecule has 1 aromatic heterocycles. The van der Waals surface area contributed by atoms with E-state index in [2.05, 4.69) is 23.0 Å². The van der Waals surface area contributed by atoms with Gasteiger partial charge in [-0.25, -0.2) is 9.97 Å². The average molecular weight is 359 g/mol. The van der Waals surface area contributed by atoms with Crippen LogP contribution in [0, 0.1) is 0 Å². The molecule has 6 heteroatoms. The predicted octanol–water partition coefficient (Wildman–Crippen LogP) is 3.96. The van der Waals surface area contributed by atoms with Gasteiger partial charge in [-0.2, -0.15) is 0 Å². The summed E-state index contributed by atoms with van der Waals surface area (Å²) in [5.74, 6) is 0.358. The van der Waals surface area contributed by atoms with E-state index in [-0.39, 0.29) is 22.7 Å². The number of fused-ring (bicyclic) bond motifs is 1. The minimum Gasteiger partial charge on any atom is -0.344 e. The van der Waals surface area contributed by atoms with E-state index in [0.29, 0.717) is 5.95 Å². The number of aromatic nitrogens is 2. The van der Waals surface area contributed by atoms with Gasteiger partial charge in [0.1, 0.15) is 0 Å². The molecular weight excluding hydrogens is 336 g/mol. The quantitative estimate of drug-likeness (QED) is 0.811. The van der Waals surface area contributed by atoms with Crippen LogP contribution in [-0.4, -0.2) is 35.5 Å². The number of amides is 1. The number of carbonyl (C=O) groups is 1. The van der Waals surface area contributed by atoms with Crippen molar-refractivity contribution in [2.45, 2.75) is 39.2 Å². The molecular formula is C19H23ClN4O. The molecule has 132 valence electrons. The van der Waals surface area contributed by atoms with Crippen molar-refractivity contribution in [3.8, 4) is 0 Å². The van der Waals surface area contributed by atoms with Crippen LogP contribution in [-0.2, 0) is 6.42 Å². The Bertz CT molecular complexity index is 780. The van der Waals surface area contributed by atoms with Crippen molar-refractivity contribution >= 4 is 29.1 Å². The maximum atomic E-state index is 13.2. The zero-order valence-electron chi connectivity index (χ0n) is 14.9. The number of benzene rings is 1. The Morgan fingerprint density at radius 3 is 2.92 bits per heavy atom. The van der Waals surface area contributed by atoms with Gasteiger partial charge in [-0.15, -0.1) is 0 Å². The fraction of sp³-hybridized carbons (Fsp3) is 0.421. The number of hydrogen-bond donors (Lipinski definition) is 0. The molecule has 1 aliphatic rings. The molecule has 25 heavy (non-hydrogen) atoms. The fourth-order valence-electron chi connectivity index (χ4n) is 3.18. The normalized spacial score (nSPS) is 16.0. The molecule has 0 saturated heterocycles. The lowest BCUT2D eigenvalue weighted by atomic mass is 10.1. The maximum absolute atomic E-state index is 13.2. The van der Waals surface area contributed by atoms with E-state index < -0.39 is 0 Å². The monoisotopic (exact) mass is 358 g/mol. The first-order valence-corrected chi connectivity index (χ1v) is 9.05. The number of nitrogens with zero attached hydrogens (tertiary/aromatic N) is 4. The van der Waals surface area contributed by atoms with Crippen LogP contribution in [0.3, 0.4) is 0 Å². The topological polar surface area (TPSA) is 49.3 Å². The summed E-state index contributed by atoms with van der Waals surface area (Å²) in [5, 5.41) is 0.286. The second-order valence-corrected chi connectivity index (χ2v) is 6.91. The van der Waals surface area contributed by atoms with E-state index in [4.69, 9.17) is 11.6 Å². The van der Waals surface area contributed by atoms with Gasteiger partial charge < -0.3 is 9.80 Å². The van der Waals surface area contributed by atoms with Crippen LogP contribution in [0.2, 0.25) is 5.02 Å². The Kier molecular flexibility index (Phi) is 5.23. The molecule has 0 bridgehead atoms. The molecule has 3 rings (SSSR count). The first kappa shape index (κ1) is 17.7. The van der Waals surface area contributed by atoms with Crippen LogP contribution in [0.25, 0.3) is 0 Å². The van der Waals surface area contributed by atoms with Crippen LogP contribution < -0.4 is 9.80 Å². The number of hydrogen-bond acceptors (Lipinski definition) is 4. The standard InChI is InChI=1S/C19H23ClN4O/c1-4-5-10-23(3)19-21-12-15(20)17(22-19)18(25)24-13(2)11-14-8-6-7-9-16(14)24/h6-9,12-13H,4-5,10-11H2,1-3H3. The van der Waals surface area contributed by atoms with Crippen LogP contribution in [0.4, 0.5) is 11.6 Å². The SMILES string of the molecule is CCCCN(C)c1ncc(Cl)c(C(=O)N2c3ccccc3CC2C)n1. The van der Waals surface area contributed by atoms with Gasteiger partial charge in [0.15, 0.2) is 5.69 Å². The summed E-state index contributed by atoms with van der Waals surface area (Å²) in [6, 6.07) is 8.06. The Morgan fingerprint density at radius 2 is 2.16 bits per heavy atom. The molecule has 0 saturated carbocycles. The van der Waals surface area contributed by atoms with Gasteiger partial charge >= 0.3 is 0 Å². The smallest absolute Gasteiger partial charge is 0.278 e. The van der Waals surface area contributed by atoms with E-state index in [0.717, 1.165) is 31.5 Å². The summed E-state index contributed by atoms with van der Waals surface area (Å²) in [5.41, 5.74) is 2.38. The minimum atomic E-state index is -0.171. The number of para-hydroxylation sites is 1. The number of halogens is 1. The molecule has 0 spiro atoms. The van der Waals surface area contributed by atoms with Gasteiger partial charge in [-0.1, -0.05) is 43.1 Å². The molecule has 1 aliphatic heterocycles. The molecule has 0 aliphatic carbocycles. The summed E-state index contributed by atoms with van der Waals surface area (Å²) in [4.78, 5) is 25.7. The van der Waals surface area contributed by atoms with Gasteiger partial charge in [-0.05, 0) is 31.4 Å². The molecule has 1 atom stereocenters. The highest BCUT2D eigenvalue weighted by Gasteiger charge is 2.33. The summed E-state index contributed by atoms with van der Waals surface area (Å²) in [7, 11) is 1.93. The van der Waals surface area contributed by atoms with Crippen molar-refractivity contribution in [2.75, 3.05) is 23.4 Å². The van der Waals surface area contributed by atoms with Crippen molar-refractivity contribution in [3.63, 3.8) is 0 Å². The highest BCUT2D eigenvalue weighted by atomic mass is 35.5. The van der Waals surface area contributed by atoms with E-state index >= 15 is 0 Å². The number of unbranched alkanes of at least 4 members (excludes halogenated alkanes) is 1. The van der Waals surface area contributed by atoms with Crippen molar-refractivity contribution < 1.29 is 4.79 Å². The van der Waals surface area contributed by atoms with Gasteiger partial charge in [-0.3, -0.25) is 4.79 Å². The molecule has 2 aromatic rings. The lowest BCUT2D eigenvalue weighted by molar-refractivity contribution is 0.0976. The fourth-order valence-corrected chi connectivity index (χ4v) is 3.35. The lowest BCUT2D eigenvalue weighted by Crippen LogP contribution is -2.36. The van der Waals surface area contributed by atoms with Crippen molar-refractivity contribution in [1.82, 2.24) is 9.97 Å². The van der Waals surface area contributed by atoms with E-state index in [9.17, 15) is 4.79 Å². The van der Waals surface area contributed by atoms with Crippen molar-refractivity contribution in [1.29, 1.82) is 0 Å². The first-order valence-electron chi connectivity index (χ1n) is 8.68. The molecule has 1 amide bonds. The Hall–Kier alpha value is -2.14. The van der Waals surface area contributed by atoms with E-state index in [1.54, 1.807) is 4.90 Å². The van der Waals surface area contributed by atoms with Gasteiger partial charge in [0.2, 0.25) is 5.95 Å². The number of rotatable bonds is 5. The molecule has 1 aromatic carbocycles. The zero-order chi connectivity index (χ0) is 18.0. The third kappa shape index (κ3) is 3.47. The Labute approximate surface area is 153 Å². The molecule has 5 nitrogen and oxygen atoms in total. The Morgan fingerprint density at radius 1 is 1.40 bits per heavy atom. The van der Waals surface area contributed by atoms with E-state index in [1.165, 1.54) is 11.8 Å². The second-order valence-electron chi connectivity index (χ2n) is 6.50. The molecule has 0 radical (unpaired) electrons. The average Bonchev–Trinajstić information content (AvgIpc) is 2.95. The molecule has 1 unspecified atom stereocenters. The highest BCUT2D eigenvalue weighted by molar-refractivity contribution is 6.34. The highest BCUT2D eigenvalue weighted by Crippen LogP contribution is 2.33. The van der Waals surface area contributed by atoms with Gasteiger partial charge in [0, 0.05) is 25.3 Å². The third-order valence-electron chi connectivity index (χ3n) is 4.55. The number of carbonyl (C=O) groups excluding carboxylic acids is 1. The van der Waals surface area contributed by atoms with Crippen molar-refractivity contribution in [2.24, 2.45) is 0 Å². The van der Waals surface area contributed by atoms with Crippen LogP contribution in [0.1, 0.15) is 42.7 Å². The van der Waals surface area contributed by atoms with Crippen molar-refractivity contribution in [3.05, 3.63) is 46.7 Å². The van der Waals surface area contributed by atoms with Crippen LogP contribution >= 0.6 is 11.6 Å². The largest absolute Gasteiger partial charge is 0.344 e. The summed E-state index contributed by atoms with van der Waals surface area (Å²) in [6.45, 7) is 5.02. The van der Waals surface area contributed by atoms with Crippen LogP contribution in [0.15, 0.2) is 30.5 Å². The van der Waals surface area contributed by atoms with Gasteiger partial charge in [0.05, 0.1) is 11.2 Å². The summed E-state index contributed by atoms with van der Waals surface area (Å²) >= 11 is 6.26. The predicted molar refractivity (Wildman–Crippen MR) is 102 cm³/mol. The van der Waals surface area contributed by atoms with E-state index in [1.807, 2.05) is 37.1 Å². The van der Waals surface area contributed by atoms with Gasteiger partial charge in [0.25, 0.3) is 5.91 Å². The molecule has 0 fully saturated rings. The molecule has 2 heterocycles. The van der Waals surface area contributed by atoms with Crippen LogP contribution in [0.5, 0.6) is 0 Å².